The number of aromatic nitrogens is 3. The van der Waals surface area contributed by atoms with E-state index < -0.39 is 0 Å². The lowest BCUT2D eigenvalue weighted by molar-refractivity contribution is 0.523. The molecular formula is C17H15BrClN3. The SMILES string of the molecule is Clc1ncnc2c1ccn2C1CCC(c2cccc(Br)c2)C1. The Morgan fingerprint density at radius 2 is 2.09 bits per heavy atom. The minimum absolute atomic E-state index is 0.479. The van der Waals surface area contributed by atoms with Crippen molar-refractivity contribution >= 4 is 38.6 Å². The van der Waals surface area contributed by atoms with Crippen LogP contribution in [0.1, 0.15) is 36.8 Å². The van der Waals surface area contributed by atoms with Crippen LogP contribution in [0, 0.1) is 0 Å². The first-order valence-electron chi connectivity index (χ1n) is 7.45. The van der Waals surface area contributed by atoms with Crippen molar-refractivity contribution in [3.8, 4) is 0 Å². The van der Waals surface area contributed by atoms with Crippen LogP contribution < -0.4 is 0 Å². The second kappa shape index (κ2) is 5.67. The summed E-state index contributed by atoms with van der Waals surface area (Å²) in [6.45, 7) is 0. The van der Waals surface area contributed by atoms with Crippen LogP contribution >= 0.6 is 27.5 Å². The van der Waals surface area contributed by atoms with Crippen molar-refractivity contribution in [1.82, 2.24) is 14.5 Å². The third kappa shape index (κ3) is 2.44. The summed E-state index contributed by atoms with van der Waals surface area (Å²) in [5.41, 5.74) is 2.36. The topological polar surface area (TPSA) is 30.7 Å². The number of hydrogen-bond acceptors (Lipinski definition) is 2. The van der Waals surface area contributed by atoms with E-state index in [2.05, 4.69) is 60.9 Å². The quantitative estimate of drug-likeness (QED) is 0.564. The molecule has 0 N–H and O–H groups in total. The fourth-order valence-corrected chi connectivity index (χ4v) is 4.12. The number of fused-ring (bicyclic) bond motifs is 1. The zero-order valence-electron chi connectivity index (χ0n) is 11.9. The highest BCUT2D eigenvalue weighted by atomic mass is 79.9. The molecule has 0 spiro atoms. The summed E-state index contributed by atoms with van der Waals surface area (Å²) < 4.78 is 3.42. The van der Waals surface area contributed by atoms with Gasteiger partial charge in [-0.2, -0.15) is 0 Å². The van der Waals surface area contributed by atoms with Crippen LogP contribution in [0.25, 0.3) is 11.0 Å². The summed E-state index contributed by atoms with van der Waals surface area (Å²) in [5, 5.41) is 1.47. The molecule has 1 fully saturated rings. The maximum Gasteiger partial charge on any atom is 0.145 e. The Hall–Kier alpha value is -1.39. The van der Waals surface area contributed by atoms with Crippen molar-refractivity contribution in [1.29, 1.82) is 0 Å². The molecule has 3 aromatic rings. The largest absolute Gasteiger partial charge is 0.329 e. The fourth-order valence-electron chi connectivity index (χ4n) is 3.51. The Morgan fingerprint density at radius 1 is 1.18 bits per heavy atom. The van der Waals surface area contributed by atoms with Crippen LogP contribution in [0.4, 0.5) is 0 Å². The van der Waals surface area contributed by atoms with Gasteiger partial charge in [0.25, 0.3) is 0 Å². The summed E-state index contributed by atoms with van der Waals surface area (Å²) in [5.74, 6) is 0.609. The van der Waals surface area contributed by atoms with Crippen molar-refractivity contribution in [2.24, 2.45) is 0 Å². The molecule has 112 valence electrons. The summed E-state index contributed by atoms with van der Waals surface area (Å²) in [7, 11) is 0. The highest BCUT2D eigenvalue weighted by Gasteiger charge is 2.28. The van der Waals surface area contributed by atoms with Crippen molar-refractivity contribution in [2.45, 2.75) is 31.2 Å². The lowest BCUT2D eigenvalue weighted by Gasteiger charge is -2.14. The molecule has 2 heterocycles. The van der Waals surface area contributed by atoms with Crippen LogP contribution in [0.2, 0.25) is 5.15 Å². The van der Waals surface area contributed by atoms with E-state index in [4.69, 9.17) is 11.6 Å². The predicted octanol–water partition coefficient (Wildman–Crippen LogP) is 5.36. The van der Waals surface area contributed by atoms with E-state index in [1.54, 1.807) is 6.33 Å². The van der Waals surface area contributed by atoms with Crippen molar-refractivity contribution in [2.75, 3.05) is 0 Å². The third-order valence-corrected chi connectivity index (χ3v) is 5.37. The van der Waals surface area contributed by atoms with E-state index in [1.807, 2.05) is 6.07 Å². The summed E-state index contributed by atoms with van der Waals surface area (Å²) in [6, 6.07) is 11.2. The molecule has 0 bridgehead atoms. The zero-order chi connectivity index (χ0) is 15.1. The first-order valence-corrected chi connectivity index (χ1v) is 8.62. The van der Waals surface area contributed by atoms with Crippen molar-refractivity contribution in [3.05, 3.63) is 58.0 Å². The molecule has 1 saturated carbocycles. The van der Waals surface area contributed by atoms with Crippen molar-refractivity contribution in [3.63, 3.8) is 0 Å². The van der Waals surface area contributed by atoms with Gasteiger partial charge in [-0.15, -0.1) is 0 Å². The average Bonchev–Trinajstić information content (AvgIpc) is 3.14. The normalized spacial score (nSPS) is 21.5. The van der Waals surface area contributed by atoms with E-state index in [0.717, 1.165) is 21.9 Å². The number of benzene rings is 1. The van der Waals surface area contributed by atoms with Gasteiger partial charge in [-0.05, 0) is 48.9 Å². The molecule has 1 aliphatic rings. The van der Waals surface area contributed by atoms with Crippen LogP contribution in [0.5, 0.6) is 0 Å². The first-order chi connectivity index (χ1) is 10.7. The molecule has 3 nitrogen and oxygen atoms in total. The fraction of sp³-hybridized carbons (Fsp3) is 0.294. The maximum absolute atomic E-state index is 6.15. The Kier molecular flexibility index (Phi) is 3.66. The molecule has 22 heavy (non-hydrogen) atoms. The van der Waals surface area contributed by atoms with Crippen LogP contribution in [0.15, 0.2) is 47.3 Å². The second-order valence-corrected chi connectivity index (χ2v) is 7.12. The Balaban J connectivity index is 1.63. The van der Waals surface area contributed by atoms with Gasteiger partial charge in [0.2, 0.25) is 0 Å². The predicted molar refractivity (Wildman–Crippen MR) is 92.3 cm³/mol. The highest BCUT2D eigenvalue weighted by Crippen LogP contribution is 2.42. The number of halogens is 2. The van der Waals surface area contributed by atoms with Crippen LogP contribution in [-0.2, 0) is 0 Å². The Labute approximate surface area is 142 Å². The van der Waals surface area contributed by atoms with E-state index in [9.17, 15) is 0 Å². The molecule has 2 atom stereocenters. The first kappa shape index (κ1) is 14.2. The van der Waals surface area contributed by atoms with Gasteiger partial charge >= 0.3 is 0 Å². The standard InChI is InChI=1S/C17H15BrClN3/c18-13-3-1-2-11(8-13)12-4-5-14(9-12)22-7-6-15-16(19)20-10-21-17(15)22/h1-3,6-8,10,12,14H,4-5,9H2. The van der Waals surface area contributed by atoms with E-state index >= 15 is 0 Å². The number of rotatable bonds is 2. The lowest BCUT2D eigenvalue weighted by Crippen LogP contribution is -2.05. The van der Waals surface area contributed by atoms with Gasteiger partial charge in [0.1, 0.15) is 17.1 Å². The summed E-state index contributed by atoms with van der Waals surface area (Å²) >= 11 is 9.72. The minimum Gasteiger partial charge on any atom is -0.329 e. The summed E-state index contributed by atoms with van der Waals surface area (Å²) in [6.07, 6.45) is 7.16. The Morgan fingerprint density at radius 3 is 2.95 bits per heavy atom. The van der Waals surface area contributed by atoms with Crippen LogP contribution in [0.3, 0.4) is 0 Å². The van der Waals surface area contributed by atoms with Gasteiger partial charge in [-0.1, -0.05) is 39.7 Å². The number of hydrogen-bond donors (Lipinski definition) is 0. The van der Waals surface area contributed by atoms with E-state index in [1.165, 1.54) is 18.4 Å². The van der Waals surface area contributed by atoms with Gasteiger partial charge in [0.05, 0.1) is 5.39 Å². The van der Waals surface area contributed by atoms with Crippen molar-refractivity contribution < 1.29 is 0 Å². The molecule has 1 aromatic carbocycles. The third-order valence-electron chi connectivity index (χ3n) is 4.58. The van der Waals surface area contributed by atoms with E-state index in [-0.39, 0.29) is 0 Å². The molecule has 0 saturated heterocycles. The molecule has 2 unspecified atom stereocenters. The van der Waals surface area contributed by atoms with Gasteiger partial charge in [0, 0.05) is 16.7 Å². The molecule has 4 rings (SSSR count). The average molecular weight is 377 g/mol. The Bertz CT molecular complexity index is 830. The number of nitrogens with zero attached hydrogens (tertiary/aromatic N) is 3. The molecule has 1 aliphatic carbocycles. The lowest BCUT2D eigenvalue weighted by atomic mass is 9.98. The molecule has 5 heteroatoms. The monoisotopic (exact) mass is 375 g/mol. The summed E-state index contributed by atoms with van der Waals surface area (Å²) in [4.78, 5) is 8.47. The maximum atomic E-state index is 6.15. The molecule has 0 radical (unpaired) electrons. The smallest absolute Gasteiger partial charge is 0.145 e. The second-order valence-electron chi connectivity index (χ2n) is 5.84. The van der Waals surface area contributed by atoms with Crippen LogP contribution in [-0.4, -0.2) is 14.5 Å². The van der Waals surface area contributed by atoms with Gasteiger partial charge < -0.3 is 4.57 Å². The molecule has 0 amide bonds. The zero-order valence-corrected chi connectivity index (χ0v) is 14.3. The molecule has 0 aliphatic heterocycles. The van der Waals surface area contributed by atoms with Gasteiger partial charge in [-0.25, -0.2) is 9.97 Å². The van der Waals surface area contributed by atoms with Gasteiger partial charge in [0.15, 0.2) is 0 Å². The molecular weight excluding hydrogens is 362 g/mol. The van der Waals surface area contributed by atoms with E-state index in [0.29, 0.717) is 17.1 Å². The molecule has 2 aromatic heterocycles. The highest BCUT2D eigenvalue weighted by molar-refractivity contribution is 9.10. The minimum atomic E-state index is 0.479. The van der Waals surface area contributed by atoms with Gasteiger partial charge in [-0.3, -0.25) is 0 Å².